The number of aliphatic imine (C=N–C) groups is 1. The van der Waals surface area contributed by atoms with Gasteiger partial charge in [-0.3, -0.25) is 4.79 Å². The van der Waals surface area contributed by atoms with Crippen LogP contribution in [0.3, 0.4) is 0 Å². The summed E-state index contributed by atoms with van der Waals surface area (Å²) >= 11 is 0. The number of hydrogen-bond donors (Lipinski definition) is 2. The molecule has 2 aliphatic rings. The van der Waals surface area contributed by atoms with Gasteiger partial charge in [-0.25, -0.2) is 18.8 Å². The fraction of sp³-hybridized carbons (Fsp3) is 0.320. The van der Waals surface area contributed by atoms with Crippen molar-refractivity contribution in [3.63, 3.8) is 0 Å². The fourth-order valence-corrected chi connectivity index (χ4v) is 4.05. The summed E-state index contributed by atoms with van der Waals surface area (Å²) in [6, 6.07) is 9.51. The smallest absolute Gasteiger partial charge is 0.264 e. The Morgan fingerprint density at radius 3 is 2.89 bits per heavy atom. The Hall–Kier alpha value is -3.63. The molecule has 8 nitrogen and oxygen atoms in total. The summed E-state index contributed by atoms with van der Waals surface area (Å²) in [5, 5.41) is 2.75. The van der Waals surface area contributed by atoms with Crippen LogP contribution in [-0.4, -0.2) is 46.8 Å². The molecule has 10 heteroatoms. The minimum Gasteiger partial charge on any atom is -0.491 e. The SMILES string of the molecule is CC1(C)OCC(COc2ccc(-c3nc4c(C(=O)NC5=NC=CC5)cccc4[nH]3)c(C(F)F)c2)O1. The molecule has 2 aromatic carbocycles. The summed E-state index contributed by atoms with van der Waals surface area (Å²) in [6.07, 6.45) is 0.944. The van der Waals surface area contributed by atoms with Gasteiger partial charge < -0.3 is 24.5 Å². The van der Waals surface area contributed by atoms with Gasteiger partial charge in [0.1, 0.15) is 35.6 Å². The van der Waals surface area contributed by atoms with E-state index in [9.17, 15) is 13.6 Å². The van der Waals surface area contributed by atoms with Crippen molar-refractivity contribution in [1.29, 1.82) is 0 Å². The molecule has 182 valence electrons. The number of rotatable bonds is 6. The number of carbonyl (C=O) groups excluding carboxylic acids is 1. The Morgan fingerprint density at radius 1 is 1.31 bits per heavy atom. The van der Waals surface area contributed by atoms with Crippen LogP contribution in [0.1, 0.15) is 42.6 Å². The largest absolute Gasteiger partial charge is 0.491 e. The lowest BCUT2D eigenvalue weighted by Crippen LogP contribution is -2.29. The number of nitrogens with zero attached hydrogens (tertiary/aromatic N) is 2. The van der Waals surface area contributed by atoms with Crippen molar-refractivity contribution < 1.29 is 27.8 Å². The predicted octanol–water partition coefficient (Wildman–Crippen LogP) is 4.74. The second-order valence-electron chi connectivity index (χ2n) is 8.72. The number of ether oxygens (including phenoxy) is 3. The van der Waals surface area contributed by atoms with E-state index in [0.29, 0.717) is 41.2 Å². The van der Waals surface area contributed by atoms with Crippen LogP contribution in [0.25, 0.3) is 22.4 Å². The number of H-pyrrole nitrogens is 1. The van der Waals surface area contributed by atoms with E-state index in [0.717, 1.165) is 0 Å². The molecule has 0 saturated carbocycles. The monoisotopic (exact) mass is 482 g/mol. The molecule has 1 amide bonds. The van der Waals surface area contributed by atoms with E-state index in [1.54, 1.807) is 44.3 Å². The Morgan fingerprint density at radius 2 is 2.17 bits per heavy atom. The number of nitrogens with one attached hydrogen (secondary N) is 2. The number of carbonyl (C=O) groups is 1. The molecule has 0 spiro atoms. The summed E-state index contributed by atoms with van der Waals surface area (Å²) in [4.78, 5) is 24.4. The van der Waals surface area contributed by atoms with E-state index in [2.05, 4.69) is 20.3 Å². The summed E-state index contributed by atoms with van der Waals surface area (Å²) < 4.78 is 44.9. The third-order valence-corrected chi connectivity index (χ3v) is 5.68. The molecule has 0 aliphatic carbocycles. The lowest BCUT2D eigenvalue weighted by molar-refractivity contribution is -0.141. The summed E-state index contributed by atoms with van der Waals surface area (Å²) in [5.41, 5.74) is 1.25. The van der Waals surface area contributed by atoms with E-state index < -0.39 is 12.2 Å². The molecule has 0 bridgehead atoms. The van der Waals surface area contributed by atoms with E-state index in [1.165, 1.54) is 12.1 Å². The van der Waals surface area contributed by atoms with Crippen molar-refractivity contribution in [2.75, 3.05) is 13.2 Å². The first-order chi connectivity index (χ1) is 16.8. The molecule has 2 N–H and O–H groups in total. The van der Waals surface area contributed by atoms with Crippen molar-refractivity contribution in [3.8, 4) is 17.1 Å². The summed E-state index contributed by atoms with van der Waals surface area (Å²) in [7, 11) is 0. The number of para-hydroxylation sites is 1. The van der Waals surface area contributed by atoms with E-state index >= 15 is 0 Å². The van der Waals surface area contributed by atoms with Gasteiger partial charge in [0.25, 0.3) is 12.3 Å². The quantitative estimate of drug-likeness (QED) is 0.529. The van der Waals surface area contributed by atoms with Crippen LogP contribution in [0.4, 0.5) is 8.78 Å². The number of imidazole rings is 1. The normalized spacial score (nSPS) is 18.9. The molecular weight excluding hydrogens is 458 g/mol. The van der Waals surface area contributed by atoms with Crippen LogP contribution < -0.4 is 10.1 Å². The number of halogens is 2. The van der Waals surface area contributed by atoms with Crippen LogP contribution in [0.15, 0.2) is 53.7 Å². The first-order valence-corrected chi connectivity index (χ1v) is 11.2. The van der Waals surface area contributed by atoms with Gasteiger partial charge in [-0.2, -0.15) is 0 Å². The Labute approximate surface area is 200 Å². The maximum atomic E-state index is 14.0. The Bertz CT molecular complexity index is 1330. The third-order valence-electron chi connectivity index (χ3n) is 5.68. The van der Waals surface area contributed by atoms with Gasteiger partial charge in [0, 0.05) is 23.7 Å². The van der Waals surface area contributed by atoms with Crippen LogP contribution in [0.2, 0.25) is 0 Å². The van der Waals surface area contributed by atoms with Gasteiger partial charge in [0.05, 0.1) is 17.7 Å². The van der Waals surface area contributed by atoms with Crippen LogP contribution in [0, 0.1) is 0 Å². The molecule has 1 saturated heterocycles. The lowest BCUT2D eigenvalue weighted by Gasteiger charge is -2.17. The zero-order valence-corrected chi connectivity index (χ0v) is 19.2. The van der Waals surface area contributed by atoms with Gasteiger partial charge in [-0.05, 0) is 44.2 Å². The lowest BCUT2D eigenvalue weighted by atomic mass is 10.1. The van der Waals surface area contributed by atoms with Crippen LogP contribution in [-0.2, 0) is 9.47 Å². The highest BCUT2D eigenvalue weighted by Gasteiger charge is 2.33. The van der Waals surface area contributed by atoms with Crippen molar-refractivity contribution in [2.45, 2.75) is 38.6 Å². The molecular formula is C25H24F2N4O4. The molecule has 35 heavy (non-hydrogen) atoms. The first-order valence-electron chi connectivity index (χ1n) is 11.2. The van der Waals surface area contributed by atoms with Crippen molar-refractivity contribution >= 4 is 22.8 Å². The fourth-order valence-electron chi connectivity index (χ4n) is 4.05. The zero-order chi connectivity index (χ0) is 24.6. The minimum absolute atomic E-state index is 0.176. The average molecular weight is 482 g/mol. The van der Waals surface area contributed by atoms with E-state index in [1.807, 2.05) is 6.08 Å². The number of amidine groups is 1. The topological polar surface area (TPSA) is 97.8 Å². The van der Waals surface area contributed by atoms with Crippen molar-refractivity contribution in [2.24, 2.45) is 4.99 Å². The number of alkyl halides is 2. The molecule has 2 aliphatic heterocycles. The van der Waals surface area contributed by atoms with Gasteiger partial charge in [0.15, 0.2) is 5.79 Å². The average Bonchev–Trinajstić information content (AvgIpc) is 3.56. The standard InChI is InChI=1S/C25H24F2N4O4/c1-25(2)34-13-15(35-25)12-33-14-8-9-16(18(11-14)22(26)27)23-29-19-6-3-5-17(21(19)31-23)24(32)30-20-7-4-10-28-20/h3-6,8-11,15,22H,7,12-13H2,1-2H3,(H,29,31)(H,28,30,32). The second kappa shape index (κ2) is 9.20. The molecule has 1 aromatic heterocycles. The highest BCUT2D eigenvalue weighted by atomic mass is 19.3. The van der Waals surface area contributed by atoms with Gasteiger partial charge in [-0.15, -0.1) is 0 Å². The van der Waals surface area contributed by atoms with Crippen LogP contribution in [0.5, 0.6) is 5.75 Å². The van der Waals surface area contributed by atoms with Gasteiger partial charge in [0.2, 0.25) is 0 Å². The third kappa shape index (κ3) is 4.94. The number of hydrogen-bond acceptors (Lipinski definition) is 6. The second-order valence-corrected chi connectivity index (χ2v) is 8.72. The first kappa shape index (κ1) is 23.1. The minimum atomic E-state index is -2.76. The van der Waals surface area contributed by atoms with Crippen molar-refractivity contribution in [1.82, 2.24) is 15.3 Å². The van der Waals surface area contributed by atoms with Crippen LogP contribution >= 0.6 is 0 Å². The molecule has 1 fully saturated rings. The number of benzene rings is 2. The van der Waals surface area contributed by atoms with Gasteiger partial charge >= 0.3 is 0 Å². The van der Waals surface area contributed by atoms with E-state index in [-0.39, 0.29) is 35.6 Å². The molecule has 5 rings (SSSR count). The Balaban J connectivity index is 1.40. The zero-order valence-electron chi connectivity index (χ0n) is 19.2. The maximum absolute atomic E-state index is 14.0. The molecule has 1 unspecified atom stereocenters. The van der Waals surface area contributed by atoms with Crippen molar-refractivity contribution in [3.05, 3.63) is 59.8 Å². The number of aromatic amines is 1. The molecule has 1 atom stereocenters. The summed E-state index contributed by atoms with van der Waals surface area (Å²) in [6.45, 7) is 4.15. The number of aromatic nitrogens is 2. The number of fused-ring (bicyclic) bond motifs is 1. The number of amides is 1. The van der Waals surface area contributed by atoms with Gasteiger partial charge in [-0.1, -0.05) is 12.1 Å². The predicted molar refractivity (Wildman–Crippen MR) is 126 cm³/mol. The summed E-state index contributed by atoms with van der Waals surface area (Å²) in [5.74, 6) is 0.00672. The molecule has 3 aromatic rings. The maximum Gasteiger partial charge on any atom is 0.264 e. The highest BCUT2D eigenvalue weighted by molar-refractivity contribution is 6.12. The Kier molecular flexibility index (Phi) is 6.08. The molecule has 0 radical (unpaired) electrons. The molecule has 3 heterocycles. The highest BCUT2D eigenvalue weighted by Crippen LogP contribution is 2.34. The van der Waals surface area contributed by atoms with E-state index in [4.69, 9.17) is 14.2 Å².